The molecule has 0 amide bonds. The largest absolute Gasteiger partial charge is 0.586 e. The van der Waals surface area contributed by atoms with Gasteiger partial charge < -0.3 is 18.7 Å². The number of methoxy groups -OCH3 is 1. The summed E-state index contributed by atoms with van der Waals surface area (Å²) >= 11 is 0. The summed E-state index contributed by atoms with van der Waals surface area (Å²) in [4.78, 5) is -0.544. The molecule has 0 unspecified atom stereocenters. The minimum atomic E-state index is -4.41. The van der Waals surface area contributed by atoms with Crippen molar-refractivity contribution in [3.8, 4) is 17.2 Å². The highest BCUT2D eigenvalue weighted by Gasteiger charge is 2.46. The molecule has 3 heterocycles. The highest BCUT2D eigenvalue weighted by molar-refractivity contribution is 7.92. The van der Waals surface area contributed by atoms with Gasteiger partial charge in [0.15, 0.2) is 22.9 Å². The third kappa shape index (κ3) is 3.45. The van der Waals surface area contributed by atoms with Crippen LogP contribution in [0, 0.1) is 0 Å². The standard InChI is InChI=1S/C19H14F2N4O6S/c1-28-13-8-11(10-25-7-3-6-22-25)9-14-16(13)18(23-31-14)24-32(26,27)15-5-2-4-12-17(15)30-19(20,21)29-12/h2-9H,10H2,1H3,(H,23,24). The van der Waals surface area contributed by atoms with Gasteiger partial charge in [-0.15, -0.1) is 8.78 Å². The zero-order valence-corrected chi connectivity index (χ0v) is 17.1. The molecule has 0 saturated heterocycles. The van der Waals surface area contributed by atoms with Gasteiger partial charge >= 0.3 is 6.29 Å². The first-order valence-electron chi connectivity index (χ1n) is 9.11. The molecule has 166 valence electrons. The number of alkyl halides is 2. The molecule has 10 nitrogen and oxygen atoms in total. The fourth-order valence-corrected chi connectivity index (χ4v) is 4.48. The number of nitrogens with zero attached hydrogens (tertiary/aromatic N) is 3. The maximum Gasteiger partial charge on any atom is 0.586 e. The molecule has 0 atom stereocenters. The molecular weight excluding hydrogens is 450 g/mol. The van der Waals surface area contributed by atoms with Gasteiger partial charge in [0.25, 0.3) is 10.0 Å². The van der Waals surface area contributed by atoms with E-state index in [-0.39, 0.29) is 16.8 Å². The van der Waals surface area contributed by atoms with Crippen molar-refractivity contribution in [3.63, 3.8) is 0 Å². The summed E-state index contributed by atoms with van der Waals surface area (Å²) in [7, 11) is -2.99. The van der Waals surface area contributed by atoms with Gasteiger partial charge in [0.2, 0.25) is 0 Å². The maximum absolute atomic E-state index is 13.5. The molecule has 0 aliphatic carbocycles. The Morgan fingerprint density at radius 1 is 1.22 bits per heavy atom. The molecule has 1 aliphatic rings. The van der Waals surface area contributed by atoms with E-state index in [1.807, 2.05) is 0 Å². The van der Waals surface area contributed by atoms with Crippen LogP contribution in [-0.4, -0.2) is 36.8 Å². The van der Waals surface area contributed by atoms with Crippen LogP contribution in [0.4, 0.5) is 14.6 Å². The molecule has 1 aliphatic heterocycles. The van der Waals surface area contributed by atoms with Crippen molar-refractivity contribution in [2.75, 3.05) is 11.8 Å². The Balaban J connectivity index is 1.52. The number of nitrogens with one attached hydrogen (secondary N) is 1. The fourth-order valence-electron chi connectivity index (χ4n) is 3.33. The van der Waals surface area contributed by atoms with Crippen LogP contribution in [0.15, 0.2) is 58.2 Å². The van der Waals surface area contributed by atoms with Crippen molar-refractivity contribution in [3.05, 3.63) is 54.4 Å². The molecule has 0 saturated carbocycles. The number of anilines is 1. The second-order valence-electron chi connectivity index (χ2n) is 6.76. The number of benzene rings is 2. The normalized spacial score (nSPS) is 14.6. The number of rotatable bonds is 6. The molecule has 0 fully saturated rings. The van der Waals surface area contributed by atoms with Crippen molar-refractivity contribution >= 4 is 26.8 Å². The van der Waals surface area contributed by atoms with Gasteiger partial charge in [-0.1, -0.05) is 11.2 Å². The van der Waals surface area contributed by atoms with E-state index < -0.39 is 32.7 Å². The Kier molecular flexibility index (Phi) is 4.44. The molecule has 2 aromatic carbocycles. The molecule has 13 heteroatoms. The number of ether oxygens (including phenoxy) is 3. The van der Waals surface area contributed by atoms with E-state index in [1.165, 1.54) is 19.2 Å². The molecule has 2 aromatic heterocycles. The van der Waals surface area contributed by atoms with Gasteiger partial charge in [0.05, 0.1) is 13.7 Å². The Bertz CT molecular complexity index is 1420. The summed E-state index contributed by atoms with van der Waals surface area (Å²) in [5.74, 6) is -0.881. The summed E-state index contributed by atoms with van der Waals surface area (Å²) in [6, 6.07) is 8.67. The SMILES string of the molecule is COc1cc(Cn2cccn2)cc2onc(NS(=O)(=O)c3cccc4c3OC(F)(F)O4)c12. The highest BCUT2D eigenvalue weighted by Crippen LogP contribution is 2.45. The van der Waals surface area contributed by atoms with Gasteiger partial charge in [-0.2, -0.15) is 5.10 Å². The van der Waals surface area contributed by atoms with Crippen molar-refractivity contribution in [1.82, 2.24) is 14.9 Å². The summed E-state index contributed by atoms with van der Waals surface area (Å²) in [5.41, 5.74) is 1.03. The Labute approximate surface area is 179 Å². The van der Waals surface area contributed by atoms with E-state index in [4.69, 9.17) is 9.26 Å². The number of sulfonamides is 1. The average molecular weight is 464 g/mol. The van der Waals surface area contributed by atoms with E-state index in [0.717, 1.165) is 11.6 Å². The van der Waals surface area contributed by atoms with Crippen LogP contribution >= 0.6 is 0 Å². The maximum atomic E-state index is 13.5. The second kappa shape index (κ2) is 7.09. The van der Waals surface area contributed by atoms with Crippen molar-refractivity contribution in [1.29, 1.82) is 0 Å². The molecule has 1 N–H and O–H groups in total. The van der Waals surface area contributed by atoms with Crippen LogP contribution in [0.3, 0.4) is 0 Å². The van der Waals surface area contributed by atoms with E-state index in [1.54, 1.807) is 35.3 Å². The predicted octanol–water partition coefficient (Wildman–Crippen LogP) is 3.20. The predicted molar refractivity (Wildman–Crippen MR) is 105 cm³/mol. The first-order valence-corrected chi connectivity index (χ1v) is 10.6. The molecule has 5 rings (SSSR count). The minimum Gasteiger partial charge on any atom is -0.496 e. The van der Waals surface area contributed by atoms with Gasteiger partial charge in [0.1, 0.15) is 16.0 Å². The lowest BCUT2D eigenvalue weighted by molar-refractivity contribution is -0.287. The number of aromatic nitrogens is 3. The zero-order valence-electron chi connectivity index (χ0n) is 16.3. The minimum absolute atomic E-state index is 0.175. The van der Waals surface area contributed by atoms with E-state index >= 15 is 0 Å². The number of para-hydroxylation sites is 1. The van der Waals surface area contributed by atoms with Gasteiger partial charge in [-0.25, -0.2) is 8.42 Å². The van der Waals surface area contributed by atoms with Crippen molar-refractivity contribution in [2.45, 2.75) is 17.7 Å². The quantitative estimate of drug-likeness (QED) is 0.462. The number of hydrogen-bond acceptors (Lipinski definition) is 8. The lowest BCUT2D eigenvalue weighted by Crippen LogP contribution is -2.26. The molecule has 0 radical (unpaired) electrons. The first-order chi connectivity index (χ1) is 15.3. The summed E-state index contributed by atoms with van der Waals surface area (Å²) in [6.45, 7) is 0.419. The smallest absolute Gasteiger partial charge is 0.496 e. The molecule has 0 spiro atoms. The summed E-state index contributed by atoms with van der Waals surface area (Å²) < 4.78 is 76.2. The first kappa shape index (κ1) is 20.1. The number of fused-ring (bicyclic) bond motifs is 2. The van der Waals surface area contributed by atoms with Crippen LogP contribution in [-0.2, 0) is 16.6 Å². The van der Waals surface area contributed by atoms with Crippen LogP contribution in [0.2, 0.25) is 0 Å². The Morgan fingerprint density at radius 3 is 2.81 bits per heavy atom. The third-order valence-electron chi connectivity index (χ3n) is 4.63. The number of halogens is 2. The topological polar surface area (TPSA) is 118 Å². The second-order valence-corrected chi connectivity index (χ2v) is 8.41. The lowest BCUT2D eigenvalue weighted by atomic mass is 10.1. The van der Waals surface area contributed by atoms with Crippen LogP contribution in [0.1, 0.15) is 5.56 Å². The summed E-state index contributed by atoms with van der Waals surface area (Å²) in [5, 5.41) is 8.18. The lowest BCUT2D eigenvalue weighted by Gasteiger charge is -2.10. The third-order valence-corrected chi connectivity index (χ3v) is 6.00. The van der Waals surface area contributed by atoms with E-state index in [2.05, 4.69) is 24.5 Å². The molecule has 4 aromatic rings. The van der Waals surface area contributed by atoms with Crippen LogP contribution in [0.5, 0.6) is 17.2 Å². The number of hydrogen-bond donors (Lipinski definition) is 1. The van der Waals surface area contributed by atoms with Gasteiger partial charge in [-0.05, 0) is 35.9 Å². The van der Waals surface area contributed by atoms with Crippen LogP contribution < -0.4 is 18.9 Å². The van der Waals surface area contributed by atoms with E-state index in [9.17, 15) is 17.2 Å². The van der Waals surface area contributed by atoms with E-state index in [0.29, 0.717) is 12.3 Å². The average Bonchev–Trinajstić information content (AvgIpc) is 3.45. The zero-order chi connectivity index (χ0) is 22.5. The highest BCUT2D eigenvalue weighted by atomic mass is 32.2. The fraction of sp³-hybridized carbons (Fsp3) is 0.158. The van der Waals surface area contributed by atoms with Crippen molar-refractivity contribution < 1.29 is 35.9 Å². The van der Waals surface area contributed by atoms with Crippen molar-refractivity contribution in [2.24, 2.45) is 0 Å². The van der Waals surface area contributed by atoms with Crippen LogP contribution in [0.25, 0.3) is 11.0 Å². The molecule has 32 heavy (non-hydrogen) atoms. The molecular formula is C19H14F2N4O6S. The van der Waals surface area contributed by atoms with Gasteiger partial charge in [-0.3, -0.25) is 9.40 Å². The summed E-state index contributed by atoms with van der Waals surface area (Å²) in [6.07, 6.45) is -0.547. The molecule has 0 bridgehead atoms. The monoisotopic (exact) mass is 464 g/mol. The Morgan fingerprint density at radius 2 is 2.06 bits per heavy atom. The van der Waals surface area contributed by atoms with Gasteiger partial charge in [0, 0.05) is 12.4 Å². The Hall–Kier alpha value is -3.87.